The number of aryl methyl sites for hydroxylation is 2. The number of phenols is 1. The third-order valence-electron chi connectivity index (χ3n) is 10.2. The van der Waals surface area contributed by atoms with E-state index in [0.717, 1.165) is 15.4 Å². The van der Waals surface area contributed by atoms with Gasteiger partial charge in [0.25, 0.3) is 11.4 Å². The Balaban J connectivity index is 1.32. The van der Waals surface area contributed by atoms with Crippen molar-refractivity contribution in [3.8, 4) is 5.75 Å². The zero-order valence-electron chi connectivity index (χ0n) is 25.2. The molecule has 0 radical (unpaired) electrons. The van der Waals surface area contributed by atoms with Gasteiger partial charge >= 0.3 is 0 Å². The van der Waals surface area contributed by atoms with Crippen LogP contribution < -0.4 is 9.80 Å². The van der Waals surface area contributed by atoms with Gasteiger partial charge in [-0.25, -0.2) is 0 Å². The van der Waals surface area contributed by atoms with Crippen molar-refractivity contribution in [1.82, 2.24) is 0 Å². The van der Waals surface area contributed by atoms with Gasteiger partial charge in [-0.2, -0.15) is 0 Å². The molecule has 1 saturated carbocycles. The fourth-order valence-electron chi connectivity index (χ4n) is 8.09. The number of amides is 4. The number of hydrogen-bond acceptors (Lipinski definition) is 9. The Morgan fingerprint density at radius 1 is 0.681 bits per heavy atom. The van der Waals surface area contributed by atoms with Crippen LogP contribution in [0.15, 0.2) is 72.3 Å². The van der Waals surface area contributed by atoms with Crippen LogP contribution in [0.1, 0.15) is 35.4 Å². The number of allylic oxidation sites excluding steroid dienone is 2. The van der Waals surface area contributed by atoms with Gasteiger partial charge in [-0.15, -0.1) is 0 Å². The Labute approximate surface area is 267 Å². The minimum absolute atomic E-state index is 0.104. The van der Waals surface area contributed by atoms with Crippen LogP contribution in [0, 0.1) is 63.7 Å². The fraction of sp³-hybridized carbons (Fsp3) is 0.294. The van der Waals surface area contributed by atoms with Gasteiger partial charge in [0.15, 0.2) is 0 Å². The molecule has 3 aromatic rings. The molecule has 0 bridgehead atoms. The van der Waals surface area contributed by atoms with Crippen molar-refractivity contribution in [2.75, 3.05) is 9.80 Å². The Hall–Kier alpha value is -5.72. The maximum absolute atomic E-state index is 14.2. The number of aromatic hydroxyl groups is 1. The number of imide groups is 2. The Kier molecular flexibility index (Phi) is 6.81. The van der Waals surface area contributed by atoms with Crippen molar-refractivity contribution >= 4 is 46.4 Å². The molecular formula is C34H28N4O9. The molecule has 1 N–H and O–H groups in total. The van der Waals surface area contributed by atoms with Gasteiger partial charge in [0.05, 0.1) is 44.9 Å². The van der Waals surface area contributed by atoms with E-state index in [4.69, 9.17) is 0 Å². The summed E-state index contributed by atoms with van der Waals surface area (Å²) < 4.78 is 0. The van der Waals surface area contributed by atoms with E-state index in [9.17, 15) is 44.5 Å². The van der Waals surface area contributed by atoms with Crippen LogP contribution in [0.4, 0.5) is 22.7 Å². The largest absolute Gasteiger partial charge is 0.507 e. The third kappa shape index (κ3) is 4.44. The molecule has 0 spiro atoms. The number of nitro benzene ring substituents is 2. The first-order valence-electron chi connectivity index (χ1n) is 15.1. The SMILES string of the molecule is Cc1cc(C2C3=CCC4C(=O)N(c5ccc([N+](=O)[O-])cc5)C(=O)C4C3CC3C(=O)N(c4ccc([N+](=O)[O-])cc4)C(=O)C32)cc(C)c1O. The molecule has 6 unspecified atom stereocenters. The molecule has 4 aliphatic rings. The fourth-order valence-corrected chi connectivity index (χ4v) is 8.09. The van der Waals surface area contributed by atoms with Crippen molar-refractivity contribution in [2.45, 2.75) is 32.6 Å². The molecule has 2 aliphatic carbocycles. The van der Waals surface area contributed by atoms with Crippen LogP contribution in [-0.2, 0) is 19.2 Å². The Morgan fingerprint density at radius 2 is 1.15 bits per heavy atom. The predicted octanol–water partition coefficient (Wildman–Crippen LogP) is 4.87. The molecule has 13 heteroatoms. The molecule has 2 saturated heterocycles. The van der Waals surface area contributed by atoms with Crippen molar-refractivity contribution in [3.05, 3.63) is 109 Å². The quantitative estimate of drug-likeness (QED) is 0.177. The minimum Gasteiger partial charge on any atom is -0.507 e. The third-order valence-corrected chi connectivity index (χ3v) is 10.2. The van der Waals surface area contributed by atoms with Gasteiger partial charge < -0.3 is 5.11 Å². The summed E-state index contributed by atoms with van der Waals surface area (Å²) in [5.74, 6) is -6.21. The zero-order chi connectivity index (χ0) is 33.5. The van der Waals surface area contributed by atoms with Crippen molar-refractivity contribution in [3.63, 3.8) is 0 Å². The molecule has 47 heavy (non-hydrogen) atoms. The molecule has 13 nitrogen and oxygen atoms in total. The lowest BCUT2D eigenvalue weighted by Crippen LogP contribution is -2.43. The number of nitrogens with zero attached hydrogens (tertiary/aromatic N) is 4. The zero-order valence-corrected chi connectivity index (χ0v) is 25.2. The predicted molar refractivity (Wildman–Crippen MR) is 166 cm³/mol. The highest BCUT2D eigenvalue weighted by atomic mass is 16.6. The van der Waals surface area contributed by atoms with E-state index in [2.05, 4.69) is 0 Å². The van der Waals surface area contributed by atoms with Gasteiger partial charge in [0, 0.05) is 30.2 Å². The topological polar surface area (TPSA) is 181 Å². The van der Waals surface area contributed by atoms with E-state index >= 15 is 0 Å². The molecule has 238 valence electrons. The summed E-state index contributed by atoms with van der Waals surface area (Å²) in [6.45, 7) is 3.47. The highest BCUT2D eigenvalue weighted by Crippen LogP contribution is 2.58. The van der Waals surface area contributed by atoms with Gasteiger partial charge in [0.2, 0.25) is 23.6 Å². The minimum atomic E-state index is -0.852. The van der Waals surface area contributed by atoms with Crippen LogP contribution in [0.5, 0.6) is 5.75 Å². The van der Waals surface area contributed by atoms with E-state index in [1.807, 2.05) is 6.08 Å². The number of nitro groups is 2. The van der Waals surface area contributed by atoms with Crippen LogP contribution in [-0.4, -0.2) is 38.6 Å². The normalized spacial score (nSPS) is 26.6. The maximum atomic E-state index is 14.2. The first-order chi connectivity index (χ1) is 22.4. The number of benzene rings is 3. The van der Waals surface area contributed by atoms with Gasteiger partial charge in [-0.3, -0.25) is 49.2 Å². The number of hydrogen-bond donors (Lipinski definition) is 1. The first kappa shape index (κ1) is 30.0. The highest BCUT2D eigenvalue weighted by Gasteiger charge is 2.62. The lowest BCUT2D eigenvalue weighted by atomic mass is 9.57. The molecule has 3 aromatic carbocycles. The summed E-state index contributed by atoms with van der Waals surface area (Å²) in [6.07, 6.45) is 2.26. The average Bonchev–Trinajstić information content (AvgIpc) is 3.46. The molecule has 6 atom stereocenters. The molecule has 0 aromatic heterocycles. The van der Waals surface area contributed by atoms with Crippen LogP contribution in [0.25, 0.3) is 0 Å². The lowest BCUT2D eigenvalue weighted by molar-refractivity contribution is -0.385. The summed E-state index contributed by atoms with van der Waals surface area (Å²) in [4.78, 5) is 79.6. The van der Waals surface area contributed by atoms with Gasteiger partial charge in [-0.1, -0.05) is 23.8 Å². The second kappa shape index (κ2) is 10.7. The molecular weight excluding hydrogens is 608 g/mol. The molecule has 2 heterocycles. The van der Waals surface area contributed by atoms with Crippen molar-refractivity contribution in [1.29, 1.82) is 0 Å². The average molecular weight is 637 g/mol. The van der Waals surface area contributed by atoms with Crippen LogP contribution >= 0.6 is 0 Å². The molecule has 2 aliphatic heterocycles. The molecule has 3 fully saturated rings. The number of anilines is 2. The monoisotopic (exact) mass is 636 g/mol. The standard InChI is InChI=1S/C34H28N4O9/c1-16-13-18(14-17(2)30(16)39)27-23-11-12-24-28(33(42)35(31(24)40)19-3-7-21(8-4-19)37(44)45)25(23)15-26-29(27)34(43)36(32(26)41)20-5-9-22(10-6-20)38(46)47/h3-11,13-14,24-29,39H,12,15H2,1-2H3. The van der Waals surface area contributed by atoms with E-state index in [1.165, 1.54) is 48.5 Å². The van der Waals surface area contributed by atoms with E-state index < -0.39 is 69.0 Å². The number of fused-ring (bicyclic) bond motifs is 4. The lowest BCUT2D eigenvalue weighted by Gasteiger charge is -2.44. The van der Waals surface area contributed by atoms with E-state index in [-0.39, 0.29) is 41.3 Å². The smallest absolute Gasteiger partial charge is 0.269 e. The summed E-state index contributed by atoms with van der Waals surface area (Å²) >= 11 is 0. The number of carbonyl (C=O) groups is 4. The van der Waals surface area contributed by atoms with Crippen LogP contribution in [0.2, 0.25) is 0 Å². The van der Waals surface area contributed by atoms with Gasteiger partial charge in [-0.05, 0) is 73.6 Å². The second-order valence-electron chi connectivity index (χ2n) is 12.6. The van der Waals surface area contributed by atoms with Gasteiger partial charge in [0.1, 0.15) is 5.75 Å². The highest BCUT2D eigenvalue weighted by molar-refractivity contribution is 6.24. The molecule has 4 amide bonds. The van der Waals surface area contributed by atoms with Crippen LogP contribution in [0.3, 0.4) is 0 Å². The van der Waals surface area contributed by atoms with Crippen molar-refractivity contribution in [2.24, 2.45) is 29.6 Å². The number of rotatable bonds is 5. The number of non-ortho nitro benzene ring substituents is 2. The Morgan fingerprint density at radius 3 is 1.64 bits per heavy atom. The summed E-state index contributed by atoms with van der Waals surface area (Å²) in [6, 6.07) is 13.9. The maximum Gasteiger partial charge on any atom is 0.269 e. The van der Waals surface area contributed by atoms with E-state index in [1.54, 1.807) is 26.0 Å². The summed E-state index contributed by atoms with van der Waals surface area (Å²) in [7, 11) is 0. The number of carbonyl (C=O) groups excluding carboxylic acids is 4. The summed E-state index contributed by atoms with van der Waals surface area (Å²) in [5.41, 5.74) is 2.66. The number of phenolic OH excluding ortho intramolecular Hbond substituents is 1. The van der Waals surface area contributed by atoms with E-state index in [0.29, 0.717) is 16.7 Å². The second-order valence-corrected chi connectivity index (χ2v) is 12.6. The Bertz CT molecular complexity index is 1930. The molecule has 7 rings (SSSR count). The van der Waals surface area contributed by atoms with Crippen molar-refractivity contribution < 1.29 is 34.1 Å². The first-order valence-corrected chi connectivity index (χ1v) is 15.1. The summed E-state index contributed by atoms with van der Waals surface area (Å²) in [5, 5.41) is 33.0.